The van der Waals surface area contributed by atoms with Crippen molar-refractivity contribution >= 4 is 32.6 Å². The molecule has 1 aliphatic carbocycles. The molecule has 1 unspecified atom stereocenters. The van der Waals surface area contributed by atoms with Crippen molar-refractivity contribution in [2.24, 2.45) is 5.92 Å². The van der Waals surface area contributed by atoms with Gasteiger partial charge in [0, 0.05) is 35.3 Å². The molecule has 3 aromatic carbocycles. The average Bonchev–Trinajstić information content (AvgIpc) is 2.97. The highest BCUT2D eigenvalue weighted by molar-refractivity contribution is 8.23. The second-order valence-electron chi connectivity index (χ2n) is 12.2. The fourth-order valence-electron chi connectivity index (χ4n) is 5.91. The van der Waals surface area contributed by atoms with Crippen LogP contribution in [-0.4, -0.2) is 28.6 Å². The van der Waals surface area contributed by atoms with E-state index in [4.69, 9.17) is 0 Å². The molecule has 0 spiro atoms. The predicted octanol–water partition coefficient (Wildman–Crippen LogP) is 9.55. The average molecular weight is 583 g/mol. The molecule has 1 aliphatic rings. The van der Waals surface area contributed by atoms with E-state index in [1.54, 1.807) is 0 Å². The molecule has 224 valence electrons. The van der Waals surface area contributed by atoms with Crippen molar-refractivity contribution in [2.75, 3.05) is 17.6 Å². The van der Waals surface area contributed by atoms with E-state index < -0.39 is 9.49 Å². The number of aryl methyl sites for hydroxylation is 2. The Morgan fingerprint density at radius 1 is 0.881 bits per heavy atom. The summed E-state index contributed by atoms with van der Waals surface area (Å²) in [4.78, 5) is 0. The highest BCUT2D eigenvalue weighted by Crippen LogP contribution is 2.31. The first-order valence-electron chi connectivity index (χ1n) is 15.5. The topological polar surface area (TPSA) is 44.3 Å². The quantitative estimate of drug-likeness (QED) is 0.156. The third-order valence-corrected chi connectivity index (χ3v) is 9.49. The van der Waals surface area contributed by atoms with Crippen LogP contribution in [0.1, 0.15) is 78.7 Å². The van der Waals surface area contributed by atoms with Gasteiger partial charge in [0.1, 0.15) is 0 Å². The van der Waals surface area contributed by atoms with Gasteiger partial charge in [0.15, 0.2) is 0 Å². The van der Waals surface area contributed by atoms with Gasteiger partial charge < -0.3 is 15.2 Å². The maximum atomic E-state index is 9.83. The van der Waals surface area contributed by atoms with Gasteiger partial charge in [-0.15, -0.1) is 9.49 Å². The molecule has 1 atom stereocenters. The maximum Gasteiger partial charge on any atom is 0.0382 e. The molecule has 4 rings (SSSR count). The van der Waals surface area contributed by atoms with Crippen molar-refractivity contribution in [3.05, 3.63) is 119 Å². The highest BCUT2D eigenvalue weighted by Gasteiger charge is 2.17. The molecule has 0 aromatic heterocycles. The molecule has 3 aromatic rings. The maximum absolute atomic E-state index is 9.83. The summed E-state index contributed by atoms with van der Waals surface area (Å²) in [6, 6.07) is 26.3. The van der Waals surface area contributed by atoms with Crippen molar-refractivity contribution in [1.82, 2.24) is 5.32 Å². The van der Waals surface area contributed by atoms with Gasteiger partial charge in [0.05, 0.1) is 0 Å². The van der Waals surface area contributed by atoms with E-state index in [2.05, 4.69) is 115 Å². The van der Waals surface area contributed by atoms with Crippen LogP contribution in [0, 0.1) is 12.8 Å². The second-order valence-corrected chi connectivity index (χ2v) is 14.6. The van der Waals surface area contributed by atoms with Crippen LogP contribution >= 0.6 is 9.49 Å². The van der Waals surface area contributed by atoms with E-state index in [1.165, 1.54) is 67.2 Å². The van der Waals surface area contributed by atoms with Gasteiger partial charge in [-0.3, -0.25) is 0 Å². The number of anilines is 1. The molecule has 1 fully saturated rings. The second kappa shape index (κ2) is 15.3. The lowest BCUT2D eigenvalue weighted by molar-refractivity contribution is 0.332. The summed E-state index contributed by atoms with van der Waals surface area (Å²) in [6.07, 6.45) is 11.8. The zero-order valence-corrected chi connectivity index (χ0v) is 26.4. The van der Waals surface area contributed by atoms with E-state index in [9.17, 15) is 4.55 Å². The first kappa shape index (κ1) is 31.7. The molecular formula is C38H50N2OS. The number of benzene rings is 3. The zero-order valence-electron chi connectivity index (χ0n) is 25.5. The third kappa shape index (κ3) is 10.3. The Morgan fingerprint density at radius 2 is 1.52 bits per heavy atom. The van der Waals surface area contributed by atoms with Crippen molar-refractivity contribution in [3.8, 4) is 0 Å². The summed E-state index contributed by atoms with van der Waals surface area (Å²) in [5, 5.41) is 6.91. The lowest BCUT2D eigenvalue weighted by Crippen LogP contribution is -2.16. The van der Waals surface area contributed by atoms with Crippen molar-refractivity contribution in [2.45, 2.75) is 70.6 Å². The molecule has 1 saturated carbocycles. The van der Waals surface area contributed by atoms with Crippen LogP contribution < -0.4 is 10.6 Å². The van der Waals surface area contributed by atoms with Crippen LogP contribution in [0.3, 0.4) is 0 Å². The van der Waals surface area contributed by atoms with Crippen LogP contribution in [0.2, 0.25) is 0 Å². The molecule has 3 nitrogen and oxygen atoms in total. The number of rotatable bonds is 15. The van der Waals surface area contributed by atoms with E-state index >= 15 is 0 Å². The van der Waals surface area contributed by atoms with Crippen molar-refractivity contribution < 1.29 is 4.55 Å². The molecule has 42 heavy (non-hydrogen) atoms. The monoisotopic (exact) mass is 582 g/mol. The summed E-state index contributed by atoms with van der Waals surface area (Å²) in [5.41, 5.74) is 9.12. The van der Waals surface area contributed by atoms with E-state index in [0.717, 1.165) is 41.4 Å². The Bertz CT molecular complexity index is 1400. The summed E-state index contributed by atoms with van der Waals surface area (Å²) in [6.45, 7) is 11.4. The number of nitrogens with one attached hydrogen (secondary N) is 2. The van der Waals surface area contributed by atoms with Gasteiger partial charge in [0.25, 0.3) is 0 Å². The van der Waals surface area contributed by atoms with Gasteiger partial charge in [0.2, 0.25) is 0 Å². The normalized spacial score (nSPS) is 14.7. The molecule has 4 heteroatoms. The minimum atomic E-state index is -2.01. The lowest BCUT2D eigenvalue weighted by Gasteiger charge is -2.23. The van der Waals surface area contributed by atoms with Crippen molar-refractivity contribution in [3.63, 3.8) is 0 Å². The van der Waals surface area contributed by atoms with Gasteiger partial charge in [-0.2, -0.15) is 0 Å². The molecule has 0 amide bonds. The van der Waals surface area contributed by atoms with Crippen LogP contribution in [-0.2, 0) is 12.8 Å². The molecule has 0 radical (unpaired) electrons. The Labute approximate surface area is 255 Å². The fraction of sp³-hybridized carbons (Fsp3) is 0.368. The Kier molecular flexibility index (Phi) is 11.6. The standard InChI is InChI=1S/C38H50N2OS/c1-29-14-20-36(21-15-29)38(28-34-16-22-35(23-17-34)30(2)39-26-27-42(4,5)41)31(3)40-37-24-18-33(19-25-37)13-9-12-32-10-7-6-8-11-32/h14-25,32,38-41H,2-13,26-28H2,1H3. The minimum Gasteiger partial charge on any atom is -0.384 e. The van der Waals surface area contributed by atoms with E-state index in [-0.39, 0.29) is 5.92 Å². The molecule has 0 bridgehead atoms. The van der Waals surface area contributed by atoms with Crippen LogP contribution in [0.25, 0.3) is 5.70 Å². The van der Waals surface area contributed by atoms with Gasteiger partial charge >= 0.3 is 0 Å². The van der Waals surface area contributed by atoms with E-state index in [0.29, 0.717) is 12.3 Å². The highest BCUT2D eigenvalue weighted by atomic mass is 32.2. The fourth-order valence-corrected chi connectivity index (χ4v) is 6.39. The molecule has 0 heterocycles. The first-order valence-corrected chi connectivity index (χ1v) is 17.6. The third-order valence-electron chi connectivity index (χ3n) is 8.52. The molecular weight excluding hydrogens is 532 g/mol. The Hall–Kier alpha value is -3.21. The Balaban J connectivity index is 1.37. The van der Waals surface area contributed by atoms with Crippen LogP contribution in [0.5, 0.6) is 0 Å². The van der Waals surface area contributed by atoms with Gasteiger partial charge in [-0.25, -0.2) is 0 Å². The van der Waals surface area contributed by atoms with Gasteiger partial charge in [-0.1, -0.05) is 130 Å². The largest absolute Gasteiger partial charge is 0.384 e. The molecule has 3 N–H and O–H groups in total. The van der Waals surface area contributed by atoms with Crippen LogP contribution in [0.15, 0.2) is 91.7 Å². The van der Waals surface area contributed by atoms with Gasteiger partial charge in [-0.05, 0) is 66.5 Å². The summed E-state index contributed by atoms with van der Waals surface area (Å²) in [5.74, 6) is 9.06. The summed E-state index contributed by atoms with van der Waals surface area (Å²) >= 11 is 0. The number of allylic oxidation sites excluding steroid dienone is 1. The first-order chi connectivity index (χ1) is 20.2. The zero-order chi connectivity index (χ0) is 30.0. The summed E-state index contributed by atoms with van der Waals surface area (Å²) < 4.78 is 9.83. The molecule has 0 aliphatic heterocycles. The lowest BCUT2D eigenvalue weighted by atomic mass is 9.85. The number of hydrogen-bond donors (Lipinski definition) is 3. The van der Waals surface area contributed by atoms with E-state index in [1.807, 2.05) is 0 Å². The Morgan fingerprint density at radius 3 is 2.17 bits per heavy atom. The van der Waals surface area contributed by atoms with Crippen molar-refractivity contribution in [1.29, 1.82) is 0 Å². The molecule has 0 saturated heterocycles. The summed E-state index contributed by atoms with van der Waals surface area (Å²) in [7, 11) is -2.01. The van der Waals surface area contributed by atoms with Crippen LogP contribution in [0.4, 0.5) is 5.69 Å². The number of hydrogen-bond acceptors (Lipinski definition) is 3. The SMILES string of the molecule is C=C(NCCS(=C)(=C)O)c1ccc(CC(C(=C)Nc2ccc(CCCC3CCCCC3)cc2)c2ccc(C)cc2)cc1. The predicted molar refractivity (Wildman–Crippen MR) is 189 cm³/mol. The minimum absolute atomic E-state index is 0.128. The smallest absolute Gasteiger partial charge is 0.0382 e.